The first-order valence-corrected chi connectivity index (χ1v) is 15.3. The van der Waals surface area contributed by atoms with Crippen LogP contribution < -0.4 is 10.2 Å². The van der Waals surface area contributed by atoms with Gasteiger partial charge in [0.05, 0.1) is 28.2 Å². The number of nitrogens with one attached hydrogen (secondary N) is 2. The minimum absolute atomic E-state index is 0. The van der Waals surface area contributed by atoms with Crippen molar-refractivity contribution in [3.05, 3.63) is 81.9 Å². The number of aryl methyl sites for hydroxylation is 3. The molecule has 11 heteroatoms. The minimum Gasteiger partial charge on any atom is -0.550 e. The van der Waals surface area contributed by atoms with Crippen molar-refractivity contribution in [1.82, 2.24) is 19.9 Å². The number of carbonyl (C=O) groups is 2. The van der Waals surface area contributed by atoms with Gasteiger partial charge < -0.3 is 29.8 Å². The second kappa shape index (κ2) is 13.8. The molecule has 0 spiro atoms. The van der Waals surface area contributed by atoms with Crippen molar-refractivity contribution in [2.45, 2.75) is 58.8 Å². The van der Waals surface area contributed by atoms with Crippen LogP contribution in [0.5, 0.6) is 0 Å². The fraction of sp³-hybridized carbons (Fsp3) is 0.294. The number of hydrogen-bond acceptors (Lipinski definition) is 6. The van der Waals surface area contributed by atoms with Crippen LogP contribution in [0.1, 0.15) is 83.5 Å². The third-order valence-corrected chi connectivity index (χ3v) is 9.29. The van der Waals surface area contributed by atoms with Crippen molar-refractivity contribution in [2.24, 2.45) is 0 Å². The van der Waals surface area contributed by atoms with E-state index in [9.17, 15) is 19.8 Å². The van der Waals surface area contributed by atoms with Gasteiger partial charge in [0.25, 0.3) is 0 Å². The molecule has 0 amide bonds. The van der Waals surface area contributed by atoms with Gasteiger partial charge in [-0.1, -0.05) is 12.7 Å². The summed E-state index contributed by atoms with van der Waals surface area (Å²) in [7, 11) is 0. The van der Waals surface area contributed by atoms with E-state index < -0.39 is 17.3 Å². The molecule has 0 aliphatic carbocycles. The number of halogens is 2. The zero-order chi connectivity index (χ0) is 31.9. The quantitative estimate of drug-likeness (QED) is 0.219. The summed E-state index contributed by atoms with van der Waals surface area (Å²) >= 11 is 13.0. The first kappa shape index (κ1) is 34.3. The third-order valence-electron chi connectivity index (χ3n) is 8.45. The Morgan fingerprint density at radius 2 is 1.36 bits per heavy atom. The standard InChI is InChI=1S/C34H34Cl2N4O4.Mn/c1-6-20-16(2)26-13-31-34(23(36)15-35)19(5)27(40-31)11-24-17(3)21(7-9-32(41)42)29(38-24)14-30-22(8-10-33(43)44)18(4)25(39-30)12-28(20)37-26;/h6,11-14,23,39-40H,1,7-10,15H2,2-5H3,(H,41,42)(H,43,44);/q;+2/p-2. The van der Waals surface area contributed by atoms with Crippen molar-refractivity contribution >= 4 is 79.5 Å². The van der Waals surface area contributed by atoms with Gasteiger partial charge in [0.2, 0.25) is 0 Å². The molecule has 1 atom stereocenters. The number of rotatable bonds is 9. The number of carboxylic acid groups (broad SMARTS) is 2. The second-order valence-corrected chi connectivity index (χ2v) is 11.9. The summed E-state index contributed by atoms with van der Waals surface area (Å²) < 4.78 is 0. The third kappa shape index (κ3) is 6.68. The Kier molecular flexibility index (Phi) is 10.5. The molecule has 5 rings (SSSR count). The molecule has 2 aliphatic rings. The average Bonchev–Trinajstić information content (AvgIpc) is 3.63. The van der Waals surface area contributed by atoms with E-state index in [2.05, 4.69) is 16.5 Å². The fourth-order valence-electron chi connectivity index (χ4n) is 5.98. The van der Waals surface area contributed by atoms with Crippen molar-refractivity contribution < 1.29 is 36.9 Å². The van der Waals surface area contributed by atoms with Crippen LogP contribution in [0.25, 0.3) is 44.4 Å². The topological polar surface area (TPSA) is 138 Å². The first-order valence-electron chi connectivity index (χ1n) is 14.3. The molecule has 233 valence electrons. The van der Waals surface area contributed by atoms with Gasteiger partial charge in [-0.25, -0.2) is 9.97 Å². The maximum absolute atomic E-state index is 11.5. The van der Waals surface area contributed by atoms with Crippen LogP contribution in [-0.4, -0.2) is 37.8 Å². The van der Waals surface area contributed by atoms with Gasteiger partial charge in [0, 0.05) is 45.5 Å². The summed E-state index contributed by atoms with van der Waals surface area (Å²) in [4.78, 5) is 39.7. The Hall–Kier alpha value is -3.62. The Labute approximate surface area is 281 Å². The number of alkyl halides is 2. The number of carbonyl (C=O) groups excluding carboxylic acids is 2. The fourth-order valence-corrected chi connectivity index (χ4v) is 6.41. The van der Waals surface area contributed by atoms with Crippen LogP contribution in [0.15, 0.2) is 36.9 Å². The van der Waals surface area contributed by atoms with E-state index in [1.807, 2.05) is 52.0 Å². The molecular weight excluding hydrogens is 654 g/mol. The number of fused-ring (bicyclic) bond motifs is 8. The summed E-state index contributed by atoms with van der Waals surface area (Å²) in [6.45, 7) is 11.8. The Morgan fingerprint density at radius 1 is 0.822 bits per heavy atom. The number of allylic oxidation sites excluding steroid dienone is 5. The number of aliphatic carboxylic acids is 2. The first-order chi connectivity index (χ1) is 20.9. The minimum atomic E-state index is -1.16. The smallest absolute Gasteiger partial charge is 0.550 e. The molecule has 0 saturated carbocycles. The largest absolute Gasteiger partial charge is 2.00 e. The van der Waals surface area contributed by atoms with Crippen LogP contribution in [0, 0.1) is 13.8 Å². The molecule has 1 radical (unpaired) electrons. The molecule has 8 nitrogen and oxygen atoms in total. The molecule has 3 aromatic heterocycles. The number of hydrogen-bond donors (Lipinski definition) is 2. The van der Waals surface area contributed by atoms with E-state index in [-0.39, 0.29) is 48.6 Å². The van der Waals surface area contributed by atoms with E-state index in [1.165, 1.54) is 0 Å². The van der Waals surface area contributed by atoms with Crippen molar-refractivity contribution in [1.29, 1.82) is 0 Å². The van der Waals surface area contributed by atoms with Gasteiger partial charge >= 0.3 is 17.1 Å². The van der Waals surface area contributed by atoms with E-state index in [4.69, 9.17) is 33.2 Å². The molecule has 2 aliphatic heterocycles. The van der Waals surface area contributed by atoms with Gasteiger partial charge in [-0.2, -0.15) is 0 Å². The average molecular weight is 686 g/mol. The van der Waals surface area contributed by atoms with Gasteiger partial charge in [-0.05, 0) is 117 Å². The summed E-state index contributed by atoms with van der Waals surface area (Å²) in [5.74, 6) is -2.10. The predicted molar refractivity (Wildman–Crippen MR) is 173 cm³/mol. The van der Waals surface area contributed by atoms with Crippen LogP contribution in [0.2, 0.25) is 0 Å². The van der Waals surface area contributed by atoms with Gasteiger partial charge in [-0.3, -0.25) is 0 Å². The van der Waals surface area contributed by atoms with Crippen molar-refractivity contribution in [3.63, 3.8) is 0 Å². The molecule has 45 heavy (non-hydrogen) atoms. The molecule has 0 aromatic carbocycles. The van der Waals surface area contributed by atoms with Gasteiger partial charge in [0.1, 0.15) is 0 Å². The summed E-state index contributed by atoms with van der Waals surface area (Å²) in [5, 5.41) is 22.4. The maximum atomic E-state index is 11.5. The maximum Gasteiger partial charge on any atom is 2.00 e. The molecule has 0 fully saturated rings. The number of carboxylic acids is 2. The predicted octanol–water partition coefficient (Wildman–Crippen LogP) is 5.71. The SMILES string of the molecule is C=CC1=C(C)c2cc3[nH]c(cc4nc(cc5[nH]c(cc1n2)c(C)c5CCC(=O)[O-])C(CCC(=O)[O-])=C4C)c(C)c3C(Cl)CCl.[Mn+2]. The summed E-state index contributed by atoms with van der Waals surface area (Å²) in [6, 6.07) is 7.67. The Bertz CT molecular complexity index is 1950. The van der Waals surface area contributed by atoms with E-state index in [0.29, 0.717) is 22.6 Å². The van der Waals surface area contributed by atoms with Crippen LogP contribution in [0.4, 0.5) is 0 Å². The van der Waals surface area contributed by atoms with Gasteiger partial charge in [0.15, 0.2) is 0 Å². The number of H-pyrrole nitrogens is 2. The summed E-state index contributed by atoms with van der Waals surface area (Å²) in [6.07, 6.45) is 1.90. The summed E-state index contributed by atoms with van der Waals surface area (Å²) in [5.41, 5.74) is 12.6. The van der Waals surface area contributed by atoms with E-state index in [1.54, 1.807) is 6.08 Å². The van der Waals surface area contributed by atoms with Gasteiger partial charge in [-0.15, -0.1) is 23.2 Å². The molecule has 1 unspecified atom stereocenters. The normalized spacial score (nSPS) is 13.6. The number of aromatic amines is 2. The molecule has 5 heterocycles. The van der Waals surface area contributed by atoms with Crippen LogP contribution in [-0.2, 0) is 33.1 Å². The monoisotopic (exact) mass is 685 g/mol. The number of nitrogens with zero attached hydrogens (tertiary/aromatic N) is 2. The molecule has 0 saturated heterocycles. The Morgan fingerprint density at radius 3 is 2.00 bits per heavy atom. The van der Waals surface area contributed by atoms with E-state index >= 15 is 0 Å². The molecule has 3 aromatic rings. The van der Waals surface area contributed by atoms with Crippen molar-refractivity contribution in [2.75, 3.05) is 5.88 Å². The zero-order valence-corrected chi connectivity index (χ0v) is 28.1. The van der Waals surface area contributed by atoms with Crippen molar-refractivity contribution in [3.8, 4) is 0 Å². The molecule has 8 bridgehead atoms. The second-order valence-electron chi connectivity index (χ2n) is 11.1. The van der Waals surface area contributed by atoms with E-state index in [0.717, 1.165) is 66.8 Å². The number of aromatic nitrogens is 4. The zero-order valence-electron chi connectivity index (χ0n) is 25.4. The van der Waals surface area contributed by atoms with Crippen LogP contribution in [0.3, 0.4) is 0 Å². The molecule has 2 N–H and O–H groups in total. The van der Waals surface area contributed by atoms with Crippen LogP contribution >= 0.6 is 23.2 Å². The molecular formula is C34H32Cl2MnN4O4. The Balaban J connectivity index is 0.00000461.